The molecule has 19 heavy (non-hydrogen) atoms. The fraction of sp³-hybridized carbons (Fsp3) is 0.692. The normalized spacial score (nSPS) is 13.2. The van der Waals surface area contributed by atoms with E-state index in [1.165, 1.54) is 11.8 Å². The van der Waals surface area contributed by atoms with Gasteiger partial charge in [-0.2, -0.15) is 0 Å². The topological polar surface area (TPSA) is 58.4 Å². The average molecular weight is 285 g/mol. The van der Waals surface area contributed by atoms with Gasteiger partial charge in [-0.15, -0.1) is 0 Å². The quantitative estimate of drug-likeness (QED) is 0.778. The van der Waals surface area contributed by atoms with Crippen molar-refractivity contribution in [3.63, 3.8) is 0 Å². The van der Waals surface area contributed by atoms with Crippen LogP contribution in [-0.2, 0) is 11.3 Å². The Morgan fingerprint density at radius 1 is 1.47 bits per heavy atom. The number of aliphatic carboxylic acids is 1. The summed E-state index contributed by atoms with van der Waals surface area (Å²) in [6, 6.07) is 0.371. The van der Waals surface area contributed by atoms with Gasteiger partial charge in [0, 0.05) is 24.5 Å². The van der Waals surface area contributed by atoms with Gasteiger partial charge in [-0.25, -0.2) is 4.98 Å². The molecule has 1 aromatic heterocycles. The minimum atomic E-state index is -0.814. The molecular weight excluding hydrogens is 262 g/mol. The first-order valence-corrected chi connectivity index (χ1v) is 7.38. The summed E-state index contributed by atoms with van der Waals surface area (Å²) < 4.78 is 2.14. The summed E-state index contributed by atoms with van der Waals surface area (Å²) in [5.74, 6) is -0.391. The predicted molar refractivity (Wildman–Crippen MR) is 77.8 cm³/mol. The fourth-order valence-electron chi connectivity index (χ4n) is 1.68. The highest BCUT2D eigenvalue weighted by Gasteiger charge is 2.17. The second kappa shape index (κ2) is 6.96. The van der Waals surface area contributed by atoms with Crippen LogP contribution in [0.5, 0.6) is 0 Å². The van der Waals surface area contributed by atoms with Crippen LogP contribution in [-0.4, -0.2) is 51.4 Å². The van der Waals surface area contributed by atoms with Gasteiger partial charge in [-0.05, 0) is 26.9 Å². The van der Waals surface area contributed by atoms with Crippen molar-refractivity contribution < 1.29 is 9.90 Å². The van der Waals surface area contributed by atoms with E-state index in [0.717, 1.165) is 17.4 Å². The Morgan fingerprint density at radius 3 is 2.58 bits per heavy atom. The van der Waals surface area contributed by atoms with Crippen LogP contribution < -0.4 is 0 Å². The third-order valence-corrected chi connectivity index (χ3v) is 4.07. The lowest BCUT2D eigenvalue weighted by Crippen LogP contribution is -2.30. The van der Waals surface area contributed by atoms with Crippen molar-refractivity contribution in [1.82, 2.24) is 14.5 Å². The van der Waals surface area contributed by atoms with Crippen molar-refractivity contribution in [2.24, 2.45) is 0 Å². The van der Waals surface area contributed by atoms with Crippen LogP contribution in [0.1, 0.15) is 32.4 Å². The van der Waals surface area contributed by atoms with Crippen molar-refractivity contribution in [2.45, 2.75) is 44.4 Å². The van der Waals surface area contributed by atoms with Gasteiger partial charge in [-0.1, -0.05) is 25.6 Å². The first-order chi connectivity index (χ1) is 8.82. The molecule has 0 fully saturated rings. The lowest BCUT2D eigenvalue weighted by atomic mass is 10.1. The van der Waals surface area contributed by atoms with Crippen LogP contribution >= 0.6 is 11.8 Å². The van der Waals surface area contributed by atoms with Crippen LogP contribution in [0.15, 0.2) is 11.4 Å². The lowest BCUT2D eigenvalue weighted by molar-refractivity contribution is -0.133. The van der Waals surface area contributed by atoms with Gasteiger partial charge < -0.3 is 14.6 Å². The van der Waals surface area contributed by atoms with Crippen LogP contribution in [0.25, 0.3) is 0 Å². The summed E-state index contributed by atoms with van der Waals surface area (Å²) in [6.07, 6.45) is 1.86. The zero-order valence-electron chi connectivity index (χ0n) is 12.3. The number of hydrogen-bond donors (Lipinski definition) is 1. The number of hydrogen-bond acceptors (Lipinski definition) is 4. The highest BCUT2D eigenvalue weighted by molar-refractivity contribution is 7.99. The Morgan fingerprint density at radius 2 is 2.11 bits per heavy atom. The molecule has 0 saturated carbocycles. The standard InChI is InChI=1S/C13H23N3O2S/c1-9(2)11-6-14-13(19-8-12(17)18)16(11)7-10(3)15(4)5/h6,9-10H,7-8H2,1-5H3,(H,17,18). The number of carboxylic acids is 1. The highest BCUT2D eigenvalue weighted by atomic mass is 32.2. The summed E-state index contributed by atoms with van der Waals surface area (Å²) in [7, 11) is 4.08. The second-order valence-electron chi connectivity index (χ2n) is 5.23. The Bertz CT molecular complexity index is 430. The molecule has 0 aliphatic carbocycles. The molecule has 0 aliphatic heterocycles. The van der Waals surface area contributed by atoms with E-state index >= 15 is 0 Å². The Labute approximate surface area is 119 Å². The number of nitrogens with zero attached hydrogens (tertiary/aromatic N) is 3. The molecule has 1 rings (SSSR count). The Balaban J connectivity index is 2.94. The summed E-state index contributed by atoms with van der Waals surface area (Å²) in [4.78, 5) is 17.2. The number of thioether (sulfide) groups is 1. The van der Waals surface area contributed by atoms with Crippen LogP contribution in [0, 0.1) is 0 Å². The minimum Gasteiger partial charge on any atom is -0.481 e. The van der Waals surface area contributed by atoms with Gasteiger partial charge in [0.15, 0.2) is 5.16 Å². The molecule has 1 aromatic rings. The maximum Gasteiger partial charge on any atom is 0.313 e. The maximum absolute atomic E-state index is 10.7. The molecule has 1 atom stereocenters. The van der Waals surface area contributed by atoms with Crippen molar-refractivity contribution in [3.8, 4) is 0 Å². The van der Waals surface area contributed by atoms with Crippen molar-refractivity contribution in [2.75, 3.05) is 19.8 Å². The molecular formula is C13H23N3O2S. The molecule has 1 heterocycles. The van der Waals surface area contributed by atoms with E-state index in [0.29, 0.717) is 12.0 Å². The molecule has 0 saturated heterocycles. The number of aromatic nitrogens is 2. The zero-order chi connectivity index (χ0) is 14.6. The predicted octanol–water partition coefficient (Wildman–Crippen LogP) is 2.13. The van der Waals surface area contributed by atoms with Gasteiger partial charge >= 0.3 is 5.97 Å². The number of likely N-dealkylation sites (N-methyl/N-ethyl adjacent to an activating group) is 1. The van der Waals surface area contributed by atoms with E-state index in [2.05, 4.69) is 35.2 Å². The van der Waals surface area contributed by atoms with Crippen LogP contribution in [0.4, 0.5) is 0 Å². The van der Waals surface area contributed by atoms with E-state index in [1.54, 1.807) is 0 Å². The van der Waals surface area contributed by atoms with E-state index in [-0.39, 0.29) is 5.75 Å². The van der Waals surface area contributed by atoms with E-state index < -0.39 is 5.97 Å². The minimum absolute atomic E-state index is 0.0465. The Kier molecular flexibility index (Phi) is 5.87. The highest BCUT2D eigenvalue weighted by Crippen LogP contribution is 2.24. The lowest BCUT2D eigenvalue weighted by Gasteiger charge is -2.23. The molecule has 108 valence electrons. The molecule has 5 nitrogen and oxygen atoms in total. The molecule has 0 amide bonds. The van der Waals surface area contributed by atoms with Crippen molar-refractivity contribution in [1.29, 1.82) is 0 Å². The fourth-order valence-corrected chi connectivity index (χ4v) is 2.40. The maximum atomic E-state index is 10.7. The van der Waals surface area contributed by atoms with Gasteiger partial charge in [0.1, 0.15) is 0 Å². The van der Waals surface area contributed by atoms with Gasteiger partial charge in [-0.3, -0.25) is 4.79 Å². The molecule has 1 unspecified atom stereocenters. The van der Waals surface area contributed by atoms with Gasteiger partial charge in [0.05, 0.1) is 5.75 Å². The zero-order valence-corrected chi connectivity index (χ0v) is 13.1. The smallest absolute Gasteiger partial charge is 0.313 e. The van der Waals surface area contributed by atoms with Crippen LogP contribution in [0.3, 0.4) is 0 Å². The molecule has 0 radical (unpaired) electrons. The van der Waals surface area contributed by atoms with Crippen LogP contribution in [0.2, 0.25) is 0 Å². The van der Waals surface area contributed by atoms with E-state index in [9.17, 15) is 4.79 Å². The molecule has 0 aliphatic rings. The largest absolute Gasteiger partial charge is 0.481 e. The first kappa shape index (κ1) is 16.0. The van der Waals surface area contributed by atoms with Crippen molar-refractivity contribution in [3.05, 3.63) is 11.9 Å². The average Bonchev–Trinajstić information content (AvgIpc) is 2.69. The molecule has 0 aromatic carbocycles. The third kappa shape index (κ3) is 4.54. The number of carboxylic acid groups (broad SMARTS) is 1. The summed E-state index contributed by atoms with van der Waals surface area (Å²) in [5, 5.41) is 9.58. The second-order valence-corrected chi connectivity index (χ2v) is 6.17. The monoisotopic (exact) mass is 285 g/mol. The summed E-state index contributed by atoms with van der Waals surface area (Å²) in [6.45, 7) is 7.22. The molecule has 0 bridgehead atoms. The van der Waals surface area contributed by atoms with Crippen molar-refractivity contribution >= 4 is 17.7 Å². The number of imidazole rings is 1. The Hall–Kier alpha value is -1.01. The summed E-state index contributed by atoms with van der Waals surface area (Å²) >= 11 is 1.28. The third-order valence-electron chi connectivity index (χ3n) is 3.09. The SMILES string of the molecule is CC(C)c1cnc(SCC(=O)O)n1CC(C)N(C)C. The van der Waals surface area contributed by atoms with Gasteiger partial charge in [0.2, 0.25) is 0 Å². The van der Waals surface area contributed by atoms with E-state index in [1.807, 2.05) is 20.3 Å². The van der Waals surface area contributed by atoms with E-state index in [4.69, 9.17) is 5.11 Å². The molecule has 6 heteroatoms. The number of rotatable bonds is 7. The summed E-state index contributed by atoms with van der Waals surface area (Å²) in [5.41, 5.74) is 1.15. The first-order valence-electron chi connectivity index (χ1n) is 6.39. The molecule has 0 spiro atoms. The molecule has 1 N–H and O–H groups in total. The van der Waals surface area contributed by atoms with Gasteiger partial charge in [0.25, 0.3) is 0 Å². The number of carbonyl (C=O) groups is 1.